The molecule has 1 amide bonds. The fourth-order valence-corrected chi connectivity index (χ4v) is 4.74. The average Bonchev–Trinajstić information content (AvgIpc) is 3.28. The van der Waals surface area contributed by atoms with Gasteiger partial charge in [-0.05, 0) is 33.4 Å². The molecule has 150 valence electrons. The van der Waals surface area contributed by atoms with Crippen molar-refractivity contribution in [3.05, 3.63) is 95.1 Å². The summed E-state index contributed by atoms with van der Waals surface area (Å²) in [5.41, 5.74) is 5.05. The van der Waals surface area contributed by atoms with Gasteiger partial charge >= 0.3 is 12.1 Å². The van der Waals surface area contributed by atoms with E-state index < -0.39 is 17.6 Å². The smallest absolute Gasteiger partial charge is 0.408 e. The number of nitrogens with one attached hydrogen (secondary N) is 1. The van der Waals surface area contributed by atoms with Gasteiger partial charge in [-0.25, -0.2) is 9.59 Å². The normalized spacial score (nSPS) is 15.7. The predicted octanol–water partition coefficient (Wildman–Crippen LogP) is 4.15. The molecule has 0 radical (unpaired) electrons. The van der Waals surface area contributed by atoms with Crippen LogP contribution in [-0.4, -0.2) is 29.3 Å². The molecule has 5 heteroatoms. The summed E-state index contributed by atoms with van der Waals surface area (Å²) in [5, 5.41) is 12.5. The highest BCUT2D eigenvalue weighted by atomic mass is 16.5. The van der Waals surface area contributed by atoms with Gasteiger partial charge in [-0.1, -0.05) is 72.8 Å². The Kier molecular flexibility index (Phi) is 4.31. The second kappa shape index (κ2) is 7.02. The minimum atomic E-state index is -1.37. The van der Waals surface area contributed by atoms with E-state index in [1.807, 2.05) is 60.7 Å². The Labute approximate surface area is 174 Å². The number of fused-ring (bicyclic) bond motifs is 4. The highest BCUT2D eigenvalue weighted by Gasteiger charge is 2.46. The third kappa shape index (κ3) is 2.94. The zero-order chi connectivity index (χ0) is 20.7. The van der Waals surface area contributed by atoms with Crippen LogP contribution >= 0.6 is 0 Å². The van der Waals surface area contributed by atoms with Crippen molar-refractivity contribution in [1.82, 2.24) is 5.32 Å². The van der Waals surface area contributed by atoms with Crippen LogP contribution in [0.1, 0.15) is 28.2 Å². The number of amides is 1. The van der Waals surface area contributed by atoms with Gasteiger partial charge in [0.15, 0.2) is 0 Å². The molecule has 0 fully saturated rings. The molecule has 0 aromatic heterocycles. The van der Waals surface area contributed by atoms with Crippen LogP contribution in [0.4, 0.5) is 4.79 Å². The summed E-state index contributed by atoms with van der Waals surface area (Å²) >= 11 is 0. The summed E-state index contributed by atoms with van der Waals surface area (Å²) in [7, 11) is 0. The number of alkyl carbamates (subject to hydrolysis) is 1. The zero-order valence-electron chi connectivity index (χ0n) is 16.3. The summed E-state index contributed by atoms with van der Waals surface area (Å²) in [6.45, 7) is 0.155. The van der Waals surface area contributed by atoms with Crippen molar-refractivity contribution < 1.29 is 19.4 Å². The lowest BCUT2D eigenvalue weighted by atomic mass is 9.96. The first-order chi connectivity index (χ1) is 14.6. The van der Waals surface area contributed by atoms with E-state index in [9.17, 15) is 14.7 Å². The average molecular weight is 399 g/mol. The molecular weight excluding hydrogens is 378 g/mol. The molecule has 2 aliphatic rings. The SMILES string of the molecule is O=C(NC1(C(=O)O)Cc2ccccc2C1)OCC1c2ccccc2-c2ccccc21. The van der Waals surface area contributed by atoms with Crippen LogP contribution in [0.25, 0.3) is 11.1 Å². The lowest BCUT2D eigenvalue weighted by Crippen LogP contribution is -2.55. The number of benzene rings is 3. The molecule has 3 aromatic carbocycles. The van der Waals surface area contributed by atoms with Gasteiger partial charge in [0, 0.05) is 18.8 Å². The molecule has 0 bridgehead atoms. The van der Waals surface area contributed by atoms with Crippen LogP contribution in [0.3, 0.4) is 0 Å². The van der Waals surface area contributed by atoms with Crippen molar-refractivity contribution in [3.8, 4) is 11.1 Å². The Hall–Kier alpha value is -3.60. The second-order valence-electron chi connectivity index (χ2n) is 7.96. The Balaban J connectivity index is 1.33. The number of hydrogen-bond acceptors (Lipinski definition) is 3. The third-order valence-corrected chi connectivity index (χ3v) is 6.20. The number of carbonyl (C=O) groups excluding carboxylic acids is 1. The lowest BCUT2D eigenvalue weighted by Gasteiger charge is -2.25. The Morgan fingerprint density at radius 3 is 1.90 bits per heavy atom. The molecule has 2 aliphatic carbocycles. The standard InChI is InChI=1S/C25H21NO4/c27-23(28)25(13-16-7-1-2-8-17(16)14-25)26-24(29)30-15-22-20-11-5-3-9-18(20)19-10-4-6-12-21(19)22/h1-12,22H,13-15H2,(H,26,29)(H,27,28). The monoisotopic (exact) mass is 399 g/mol. The van der Waals surface area contributed by atoms with Crippen LogP contribution in [0.5, 0.6) is 0 Å². The Bertz CT molecular complexity index is 1080. The van der Waals surface area contributed by atoms with Crippen molar-refractivity contribution >= 4 is 12.1 Å². The first-order valence-corrected chi connectivity index (χ1v) is 10.0. The molecule has 0 aliphatic heterocycles. The Morgan fingerprint density at radius 2 is 1.37 bits per heavy atom. The number of rotatable bonds is 4. The Morgan fingerprint density at radius 1 is 0.867 bits per heavy atom. The largest absolute Gasteiger partial charge is 0.479 e. The van der Waals surface area contributed by atoms with Crippen LogP contribution in [0.15, 0.2) is 72.8 Å². The van der Waals surface area contributed by atoms with E-state index in [0.29, 0.717) is 0 Å². The van der Waals surface area contributed by atoms with Gasteiger partial charge in [0.1, 0.15) is 12.1 Å². The van der Waals surface area contributed by atoms with E-state index in [1.54, 1.807) is 0 Å². The summed E-state index contributed by atoms with van der Waals surface area (Å²) in [5.74, 6) is -1.11. The maximum Gasteiger partial charge on any atom is 0.408 e. The molecule has 0 saturated heterocycles. The molecule has 0 saturated carbocycles. The number of aliphatic carboxylic acids is 1. The zero-order valence-corrected chi connectivity index (χ0v) is 16.3. The molecule has 5 rings (SSSR count). The molecule has 2 N–H and O–H groups in total. The summed E-state index contributed by atoms with van der Waals surface area (Å²) in [6, 6.07) is 23.8. The van der Waals surface area contributed by atoms with E-state index in [0.717, 1.165) is 33.4 Å². The second-order valence-corrected chi connectivity index (χ2v) is 7.96. The lowest BCUT2D eigenvalue weighted by molar-refractivity contribution is -0.144. The maximum absolute atomic E-state index is 12.6. The molecule has 0 atom stereocenters. The van der Waals surface area contributed by atoms with E-state index in [2.05, 4.69) is 17.4 Å². The number of carboxylic acids is 1. The molecule has 5 nitrogen and oxygen atoms in total. The topological polar surface area (TPSA) is 75.6 Å². The molecule has 0 unspecified atom stereocenters. The maximum atomic E-state index is 12.6. The molecular formula is C25H21NO4. The van der Waals surface area contributed by atoms with Crippen molar-refractivity contribution in [1.29, 1.82) is 0 Å². The van der Waals surface area contributed by atoms with Gasteiger partial charge in [-0.3, -0.25) is 0 Å². The summed E-state index contributed by atoms with van der Waals surface area (Å²) in [4.78, 5) is 24.7. The van der Waals surface area contributed by atoms with Gasteiger partial charge in [-0.2, -0.15) is 0 Å². The van der Waals surface area contributed by atoms with Crippen molar-refractivity contribution in [2.24, 2.45) is 0 Å². The molecule has 3 aromatic rings. The number of carbonyl (C=O) groups is 2. The number of ether oxygens (including phenoxy) is 1. The fraction of sp³-hybridized carbons (Fsp3) is 0.200. The van der Waals surface area contributed by atoms with Gasteiger partial charge in [0.2, 0.25) is 0 Å². The van der Waals surface area contributed by atoms with Crippen molar-refractivity contribution in [2.75, 3.05) is 6.61 Å². The van der Waals surface area contributed by atoms with E-state index >= 15 is 0 Å². The first kappa shape index (κ1) is 18.4. The summed E-state index contributed by atoms with van der Waals surface area (Å²) in [6.07, 6.45) is -0.196. The molecule has 30 heavy (non-hydrogen) atoms. The number of hydrogen-bond donors (Lipinski definition) is 2. The van der Waals surface area contributed by atoms with Crippen LogP contribution in [0, 0.1) is 0 Å². The van der Waals surface area contributed by atoms with Gasteiger partial charge in [0.25, 0.3) is 0 Å². The highest BCUT2D eigenvalue weighted by Crippen LogP contribution is 2.44. The first-order valence-electron chi connectivity index (χ1n) is 10.0. The molecule has 0 spiro atoms. The van der Waals surface area contributed by atoms with E-state index in [-0.39, 0.29) is 25.4 Å². The van der Waals surface area contributed by atoms with Crippen molar-refractivity contribution in [2.45, 2.75) is 24.3 Å². The van der Waals surface area contributed by atoms with Crippen LogP contribution in [-0.2, 0) is 22.4 Å². The fourth-order valence-electron chi connectivity index (χ4n) is 4.74. The van der Waals surface area contributed by atoms with Crippen LogP contribution in [0.2, 0.25) is 0 Å². The minimum absolute atomic E-state index is 0.0651. The predicted molar refractivity (Wildman–Crippen MR) is 112 cm³/mol. The van der Waals surface area contributed by atoms with Crippen molar-refractivity contribution in [3.63, 3.8) is 0 Å². The highest BCUT2D eigenvalue weighted by molar-refractivity contribution is 5.86. The van der Waals surface area contributed by atoms with Gasteiger partial charge < -0.3 is 15.2 Å². The van der Waals surface area contributed by atoms with Crippen LogP contribution < -0.4 is 5.32 Å². The minimum Gasteiger partial charge on any atom is -0.479 e. The third-order valence-electron chi connectivity index (χ3n) is 6.20. The number of carboxylic acid groups (broad SMARTS) is 1. The summed E-state index contributed by atoms with van der Waals surface area (Å²) < 4.78 is 5.56. The van der Waals surface area contributed by atoms with Gasteiger partial charge in [-0.15, -0.1) is 0 Å². The van der Waals surface area contributed by atoms with E-state index in [1.165, 1.54) is 0 Å². The quantitative estimate of drug-likeness (QED) is 0.691. The van der Waals surface area contributed by atoms with Gasteiger partial charge in [0.05, 0.1) is 0 Å². The molecule has 0 heterocycles. The van der Waals surface area contributed by atoms with E-state index in [4.69, 9.17) is 4.74 Å².